The lowest BCUT2D eigenvalue weighted by atomic mass is 10.3. The molecule has 6 nitrogen and oxygen atoms in total. The van der Waals surface area contributed by atoms with Crippen molar-refractivity contribution in [2.24, 2.45) is 0 Å². The first-order valence-electron chi connectivity index (χ1n) is 7.07. The van der Waals surface area contributed by atoms with Gasteiger partial charge in [-0.25, -0.2) is 0 Å². The van der Waals surface area contributed by atoms with Gasteiger partial charge >= 0.3 is 0 Å². The Hall–Kier alpha value is -0.380. The molecule has 2 aromatic rings. The molecule has 10 heteroatoms. The minimum Gasteiger partial charge on any atom is -0.309 e. The summed E-state index contributed by atoms with van der Waals surface area (Å²) in [5, 5.41) is 17.3. The smallest absolute Gasteiger partial charge is 0.207 e. The van der Waals surface area contributed by atoms with E-state index in [0.29, 0.717) is 15.0 Å². The minimum atomic E-state index is 0.292. The second kappa shape index (κ2) is 10.5. The summed E-state index contributed by atoms with van der Waals surface area (Å²) in [6.07, 6.45) is 2.08. The maximum atomic E-state index is 5.64. The van der Waals surface area contributed by atoms with E-state index in [9.17, 15) is 0 Å². The van der Waals surface area contributed by atoms with Crippen LogP contribution in [0.25, 0.3) is 0 Å². The van der Waals surface area contributed by atoms with Gasteiger partial charge < -0.3 is 9.80 Å². The van der Waals surface area contributed by atoms with Crippen molar-refractivity contribution in [2.75, 3.05) is 34.7 Å². The van der Waals surface area contributed by atoms with Gasteiger partial charge in [0.1, 0.15) is 10.0 Å². The molecule has 23 heavy (non-hydrogen) atoms. The molecule has 0 aliphatic heterocycles. The van der Waals surface area contributed by atoms with Crippen LogP contribution in [0.5, 0.6) is 0 Å². The molecule has 1 unspecified atom stereocenters. The average Bonchev–Trinajstić information content (AvgIpc) is 3.07. The van der Waals surface area contributed by atoms with E-state index in [1.165, 1.54) is 22.7 Å². The number of hydrogen-bond acceptors (Lipinski definition) is 8. The highest BCUT2D eigenvalue weighted by atomic mass is 35.5. The van der Waals surface area contributed by atoms with E-state index in [1.54, 1.807) is 0 Å². The number of nitrogens with zero attached hydrogens (tertiary/aromatic N) is 6. The Morgan fingerprint density at radius 2 is 1.57 bits per heavy atom. The molecule has 0 saturated heterocycles. The van der Waals surface area contributed by atoms with Gasteiger partial charge in [-0.3, -0.25) is 0 Å². The molecule has 0 aliphatic rings. The van der Waals surface area contributed by atoms with Gasteiger partial charge in [0.05, 0.1) is 6.04 Å². The molecule has 0 amide bonds. The predicted octanol–water partition coefficient (Wildman–Crippen LogP) is 3.50. The normalized spacial score (nSPS) is 12.4. The summed E-state index contributed by atoms with van der Waals surface area (Å²) < 4.78 is 1.04. The van der Waals surface area contributed by atoms with Gasteiger partial charge in [0.25, 0.3) is 0 Å². The third-order valence-electron chi connectivity index (χ3n) is 2.99. The summed E-state index contributed by atoms with van der Waals surface area (Å²) in [5.74, 6) is 0. The van der Waals surface area contributed by atoms with Crippen molar-refractivity contribution < 1.29 is 0 Å². The first-order chi connectivity index (χ1) is 10.8. The molecule has 130 valence electrons. The van der Waals surface area contributed by atoms with E-state index in [4.69, 9.17) is 23.2 Å². The van der Waals surface area contributed by atoms with Gasteiger partial charge in [-0.1, -0.05) is 22.7 Å². The Balaban J connectivity index is 0.000000231. The van der Waals surface area contributed by atoms with Crippen LogP contribution in [0.3, 0.4) is 0 Å². The number of halogens is 2. The van der Waals surface area contributed by atoms with Crippen LogP contribution in [0.4, 0.5) is 0 Å². The predicted molar refractivity (Wildman–Crippen MR) is 98.8 cm³/mol. The molecule has 0 aromatic carbocycles. The molecule has 0 aliphatic carbocycles. The van der Waals surface area contributed by atoms with Crippen molar-refractivity contribution in [3.63, 3.8) is 0 Å². The summed E-state index contributed by atoms with van der Waals surface area (Å²) in [4.78, 5) is 4.22. The first-order valence-corrected chi connectivity index (χ1v) is 9.46. The molecule has 0 spiro atoms. The van der Waals surface area contributed by atoms with Gasteiger partial charge in [-0.2, -0.15) is 0 Å². The average molecular weight is 397 g/mol. The van der Waals surface area contributed by atoms with Gasteiger partial charge in [-0.05, 0) is 71.3 Å². The molecule has 1 atom stereocenters. The Morgan fingerprint density at radius 3 is 2.00 bits per heavy atom. The van der Waals surface area contributed by atoms with Gasteiger partial charge in [0.2, 0.25) is 8.93 Å². The molecular formula is C13H22Cl2N6S2. The van der Waals surface area contributed by atoms with Crippen LogP contribution >= 0.6 is 45.9 Å². The Kier molecular flexibility index (Phi) is 9.41. The Bertz CT molecular complexity index is 572. The third kappa shape index (κ3) is 8.32. The molecule has 0 fully saturated rings. The zero-order valence-electron chi connectivity index (χ0n) is 14.0. The van der Waals surface area contributed by atoms with Crippen LogP contribution in [0.15, 0.2) is 0 Å². The molecule has 2 aromatic heterocycles. The van der Waals surface area contributed by atoms with E-state index in [0.717, 1.165) is 29.4 Å². The fourth-order valence-electron chi connectivity index (χ4n) is 1.49. The van der Waals surface area contributed by atoms with E-state index >= 15 is 0 Å². The molecule has 2 heterocycles. The monoisotopic (exact) mass is 396 g/mol. The van der Waals surface area contributed by atoms with Gasteiger partial charge in [0, 0.05) is 6.42 Å². The Labute approximate surface area is 155 Å². The van der Waals surface area contributed by atoms with E-state index in [1.807, 2.05) is 14.1 Å². The second-order valence-electron chi connectivity index (χ2n) is 5.39. The van der Waals surface area contributed by atoms with Crippen LogP contribution in [0.1, 0.15) is 29.4 Å². The molecule has 0 N–H and O–H groups in total. The topological polar surface area (TPSA) is 58.0 Å². The lowest BCUT2D eigenvalue weighted by Crippen LogP contribution is -2.16. The van der Waals surface area contributed by atoms with Crippen molar-refractivity contribution in [1.82, 2.24) is 30.2 Å². The van der Waals surface area contributed by atoms with E-state index < -0.39 is 0 Å². The largest absolute Gasteiger partial charge is 0.309 e. The van der Waals surface area contributed by atoms with Crippen molar-refractivity contribution >= 4 is 45.9 Å². The summed E-state index contributed by atoms with van der Waals surface area (Å²) in [6, 6.07) is 0.292. The summed E-state index contributed by atoms with van der Waals surface area (Å²) in [7, 11) is 8.13. The van der Waals surface area contributed by atoms with Crippen LogP contribution < -0.4 is 0 Å². The maximum Gasteiger partial charge on any atom is 0.207 e. The number of aromatic nitrogens is 4. The van der Waals surface area contributed by atoms with Crippen LogP contribution in [0.2, 0.25) is 8.93 Å². The SMILES string of the molecule is CC(c1nnc(Cl)s1)N(C)C.CN(C)CCCc1nnc(Cl)s1. The van der Waals surface area contributed by atoms with E-state index in [2.05, 4.69) is 51.2 Å². The molecule has 0 saturated carbocycles. The first kappa shape index (κ1) is 20.7. The number of rotatable bonds is 6. The highest BCUT2D eigenvalue weighted by molar-refractivity contribution is 7.15. The lowest BCUT2D eigenvalue weighted by Gasteiger charge is -2.15. The maximum absolute atomic E-state index is 5.64. The quantitative estimate of drug-likeness (QED) is 0.744. The standard InChI is InChI=1S/C7H12ClN3S.C6H10ClN3S/c1-11(2)5-3-4-6-9-10-7(8)12-6;1-4(10(2)3)5-8-9-6(7)11-5/h3-5H2,1-2H3;4H,1-3H3. The summed E-state index contributed by atoms with van der Waals surface area (Å²) >= 11 is 14.2. The second-order valence-corrected chi connectivity index (χ2v) is 8.62. The van der Waals surface area contributed by atoms with Crippen molar-refractivity contribution in [3.05, 3.63) is 18.9 Å². The van der Waals surface area contributed by atoms with Crippen molar-refractivity contribution in [3.8, 4) is 0 Å². The lowest BCUT2D eigenvalue weighted by molar-refractivity contribution is 0.319. The van der Waals surface area contributed by atoms with Gasteiger partial charge in [-0.15, -0.1) is 20.4 Å². The number of hydrogen-bond donors (Lipinski definition) is 0. The third-order valence-corrected chi connectivity index (χ3v) is 5.25. The highest BCUT2D eigenvalue weighted by Gasteiger charge is 2.12. The molecule has 2 rings (SSSR count). The minimum absolute atomic E-state index is 0.292. The zero-order valence-corrected chi connectivity index (χ0v) is 17.1. The fourth-order valence-corrected chi connectivity index (χ4v) is 3.39. The highest BCUT2D eigenvalue weighted by Crippen LogP contribution is 2.23. The van der Waals surface area contributed by atoms with Crippen molar-refractivity contribution in [2.45, 2.75) is 25.8 Å². The molecule has 0 radical (unpaired) electrons. The number of aryl methyl sites for hydroxylation is 1. The van der Waals surface area contributed by atoms with Crippen molar-refractivity contribution in [1.29, 1.82) is 0 Å². The summed E-state index contributed by atoms with van der Waals surface area (Å²) in [6.45, 7) is 3.15. The van der Waals surface area contributed by atoms with Crippen LogP contribution in [0, 0.1) is 0 Å². The zero-order chi connectivity index (χ0) is 17.4. The fraction of sp³-hybridized carbons (Fsp3) is 0.692. The molecular weight excluding hydrogens is 375 g/mol. The van der Waals surface area contributed by atoms with Crippen LogP contribution in [-0.4, -0.2) is 64.9 Å². The Morgan fingerprint density at radius 1 is 0.957 bits per heavy atom. The van der Waals surface area contributed by atoms with Crippen LogP contribution in [-0.2, 0) is 6.42 Å². The molecule has 0 bridgehead atoms. The van der Waals surface area contributed by atoms with Gasteiger partial charge in [0.15, 0.2) is 0 Å². The summed E-state index contributed by atoms with van der Waals surface area (Å²) in [5.41, 5.74) is 0. The van der Waals surface area contributed by atoms with E-state index in [-0.39, 0.29) is 0 Å².